The summed E-state index contributed by atoms with van der Waals surface area (Å²) in [6, 6.07) is 23.8. The molecule has 3 aromatic rings. The highest BCUT2D eigenvalue weighted by Gasteiger charge is 2.00. The zero-order valence-electron chi connectivity index (χ0n) is 12.5. The van der Waals surface area contributed by atoms with Crippen LogP contribution in [0.2, 0.25) is 0 Å². The van der Waals surface area contributed by atoms with Gasteiger partial charge in [0.2, 0.25) is 0 Å². The summed E-state index contributed by atoms with van der Waals surface area (Å²) >= 11 is 0. The summed E-state index contributed by atoms with van der Waals surface area (Å²) in [6.45, 7) is 2.70. The Morgan fingerprint density at radius 2 is 1.64 bits per heavy atom. The molecular weight excluding hydrogens is 272 g/mol. The third-order valence-corrected chi connectivity index (χ3v) is 3.24. The van der Waals surface area contributed by atoms with E-state index in [0.29, 0.717) is 6.54 Å². The molecule has 0 aliphatic carbocycles. The molecule has 0 unspecified atom stereocenters. The van der Waals surface area contributed by atoms with E-state index in [1.54, 1.807) is 0 Å². The first-order valence-electron chi connectivity index (χ1n) is 7.29. The smallest absolute Gasteiger partial charge is 0.127 e. The second-order valence-corrected chi connectivity index (χ2v) is 5.08. The lowest BCUT2D eigenvalue weighted by Gasteiger charge is -2.09. The Kier molecular flexibility index (Phi) is 4.35. The van der Waals surface area contributed by atoms with Crippen molar-refractivity contribution in [3.8, 4) is 11.5 Å². The molecule has 3 heteroatoms. The predicted octanol–water partition coefficient (Wildman–Crippen LogP) is 4.79. The highest BCUT2D eigenvalue weighted by Crippen LogP contribution is 2.22. The number of benzene rings is 2. The van der Waals surface area contributed by atoms with Crippen molar-refractivity contribution in [2.45, 2.75) is 13.5 Å². The van der Waals surface area contributed by atoms with Crippen molar-refractivity contribution in [1.82, 2.24) is 4.98 Å². The van der Waals surface area contributed by atoms with Crippen LogP contribution in [0.25, 0.3) is 0 Å². The van der Waals surface area contributed by atoms with E-state index >= 15 is 0 Å². The van der Waals surface area contributed by atoms with E-state index in [0.717, 1.165) is 28.6 Å². The molecule has 0 radical (unpaired) electrons. The number of pyridine rings is 1. The molecule has 2 aromatic carbocycles. The third kappa shape index (κ3) is 3.85. The number of anilines is 1. The molecule has 22 heavy (non-hydrogen) atoms. The van der Waals surface area contributed by atoms with Gasteiger partial charge in [0.15, 0.2) is 0 Å². The first kappa shape index (κ1) is 14.1. The first-order chi connectivity index (χ1) is 10.8. The summed E-state index contributed by atoms with van der Waals surface area (Å²) in [4.78, 5) is 4.44. The summed E-state index contributed by atoms with van der Waals surface area (Å²) in [6.07, 6.45) is 0. The molecule has 1 heterocycles. The normalized spacial score (nSPS) is 10.2. The molecule has 0 bridgehead atoms. The van der Waals surface area contributed by atoms with Gasteiger partial charge in [-0.15, -0.1) is 0 Å². The van der Waals surface area contributed by atoms with E-state index in [4.69, 9.17) is 4.74 Å². The van der Waals surface area contributed by atoms with Gasteiger partial charge in [0.25, 0.3) is 0 Å². The van der Waals surface area contributed by atoms with E-state index in [2.05, 4.69) is 16.4 Å². The van der Waals surface area contributed by atoms with Gasteiger partial charge in [-0.3, -0.25) is 0 Å². The van der Waals surface area contributed by atoms with Crippen LogP contribution in [-0.4, -0.2) is 4.98 Å². The lowest BCUT2D eigenvalue weighted by Crippen LogP contribution is -2.01. The second kappa shape index (κ2) is 6.76. The molecule has 0 atom stereocenters. The second-order valence-electron chi connectivity index (χ2n) is 5.08. The van der Waals surface area contributed by atoms with E-state index < -0.39 is 0 Å². The number of hydrogen-bond acceptors (Lipinski definition) is 3. The lowest BCUT2D eigenvalue weighted by molar-refractivity contribution is 0.482. The molecule has 3 nitrogen and oxygen atoms in total. The zero-order chi connectivity index (χ0) is 15.2. The van der Waals surface area contributed by atoms with Crippen molar-refractivity contribution in [1.29, 1.82) is 0 Å². The van der Waals surface area contributed by atoms with Crippen LogP contribution in [-0.2, 0) is 6.54 Å². The Balaban J connectivity index is 1.66. The lowest BCUT2D eigenvalue weighted by atomic mass is 10.2. The van der Waals surface area contributed by atoms with Gasteiger partial charge in [-0.25, -0.2) is 4.98 Å². The quantitative estimate of drug-likeness (QED) is 0.733. The molecule has 0 amide bonds. The molecule has 0 fully saturated rings. The van der Waals surface area contributed by atoms with Gasteiger partial charge in [-0.05, 0) is 48.9 Å². The Bertz CT molecular complexity index is 741. The predicted molar refractivity (Wildman–Crippen MR) is 89.3 cm³/mol. The molecular formula is C19H18N2O. The van der Waals surface area contributed by atoms with E-state index in [-0.39, 0.29) is 0 Å². The van der Waals surface area contributed by atoms with Crippen molar-refractivity contribution in [2.24, 2.45) is 0 Å². The van der Waals surface area contributed by atoms with Crippen molar-refractivity contribution < 1.29 is 4.74 Å². The monoisotopic (exact) mass is 290 g/mol. The van der Waals surface area contributed by atoms with Crippen LogP contribution < -0.4 is 10.1 Å². The van der Waals surface area contributed by atoms with E-state index in [1.165, 1.54) is 0 Å². The molecule has 110 valence electrons. The highest BCUT2D eigenvalue weighted by molar-refractivity contribution is 5.39. The van der Waals surface area contributed by atoms with Gasteiger partial charge < -0.3 is 10.1 Å². The molecule has 1 aromatic heterocycles. The van der Waals surface area contributed by atoms with Gasteiger partial charge in [0.05, 0.1) is 0 Å². The minimum atomic E-state index is 0.711. The number of rotatable bonds is 5. The zero-order valence-corrected chi connectivity index (χ0v) is 12.5. The van der Waals surface area contributed by atoms with Crippen molar-refractivity contribution >= 4 is 5.82 Å². The topological polar surface area (TPSA) is 34.1 Å². The van der Waals surface area contributed by atoms with Gasteiger partial charge >= 0.3 is 0 Å². The largest absolute Gasteiger partial charge is 0.457 e. The molecule has 0 aliphatic heterocycles. The SMILES string of the molecule is Cc1cccc(NCc2cccc(Oc3ccccc3)c2)n1. The number of nitrogens with one attached hydrogen (secondary N) is 1. The minimum absolute atomic E-state index is 0.711. The number of ether oxygens (including phenoxy) is 1. The first-order valence-corrected chi connectivity index (χ1v) is 7.29. The maximum Gasteiger partial charge on any atom is 0.127 e. The standard InChI is InChI=1S/C19H18N2O/c1-15-7-5-12-19(21-15)20-14-16-8-6-11-18(13-16)22-17-9-3-2-4-10-17/h2-13H,14H2,1H3,(H,20,21). The van der Waals surface area contributed by atoms with Crippen LogP contribution in [0, 0.1) is 6.92 Å². The average molecular weight is 290 g/mol. The minimum Gasteiger partial charge on any atom is -0.457 e. The Morgan fingerprint density at radius 3 is 2.45 bits per heavy atom. The Hall–Kier alpha value is -2.81. The Morgan fingerprint density at radius 1 is 0.864 bits per heavy atom. The van der Waals surface area contributed by atoms with Crippen LogP contribution in [0.15, 0.2) is 72.8 Å². The summed E-state index contributed by atoms with van der Waals surface area (Å²) in [5.74, 6) is 2.56. The highest BCUT2D eigenvalue weighted by atomic mass is 16.5. The summed E-state index contributed by atoms with van der Waals surface area (Å²) in [7, 11) is 0. The van der Waals surface area contributed by atoms with E-state index in [9.17, 15) is 0 Å². The Labute approximate surface area is 130 Å². The number of aryl methyl sites for hydroxylation is 1. The third-order valence-electron chi connectivity index (χ3n) is 3.24. The molecule has 0 spiro atoms. The molecule has 0 aliphatic rings. The number of hydrogen-bond donors (Lipinski definition) is 1. The van der Waals surface area contributed by atoms with Gasteiger partial charge in [0, 0.05) is 12.2 Å². The van der Waals surface area contributed by atoms with Gasteiger partial charge in [-0.1, -0.05) is 36.4 Å². The van der Waals surface area contributed by atoms with Crippen molar-refractivity contribution in [2.75, 3.05) is 5.32 Å². The van der Waals surface area contributed by atoms with Crippen LogP contribution in [0.4, 0.5) is 5.82 Å². The van der Waals surface area contributed by atoms with Gasteiger partial charge in [0.1, 0.15) is 17.3 Å². The molecule has 1 N–H and O–H groups in total. The fourth-order valence-corrected chi connectivity index (χ4v) is 2.18. The van der Waals surface area contributed by atoms with Crippen LogP contribution >= 0.6 is 0 Å². The van der Waals surface area contributed by atoms with Crippen LogP contribution in [0.1, 0.15) is 11.3 Å². The maximum atomic E-state index is 5.85. The van der Waals surface area contributed by atoms with Crippen LogP contribution in [0.5, 0.6) is 11.5 Å². The van der Waals surface area contributed by atoms with Gasteiger partial charge in [-0.2, -0.15) is 0 Å². The summed E-state index contributed by atoms with van der Waals surface area (Å²) in [5, 5.41) is 3.33. The van der Waals surface area contributed by atoms with Crippen LogP contribution in [0.3, 0.4) is 0 Å². The van der Waals surface area contributed by atoms with Crippen molar-refractivity contribution in [3.05, 3.63) is 84.1 Å². The van der Waals surface area contributed by atoms with E-state index in [1.807, 2.05) is 73.7 Å². The maximum absolute atomic E-state index is 5.85. The summed E-state index contributed by atoms with van der Waals surface area (Å²) < 4.78 is 5.85. The fraction of sp³-hybridized carbons (Fsp3) is 0.105. The van der Waals surface area contributed by atoms with Crippen molar-refractivity contribution in [3.63, 3.8) is 0 Å². The molecule has 0 saturated carbocycles. The summed E-state index contributed by atoms with van der Waals surface area (Å²) in [5.41, 5.74) is 2.16. The molecule has 3 rings (SSSR count). The number of para-hydroxylation sites is 1. The fourth-order valence-electron chi connectivity index (χ4n) is 2.18. The molecule has 0 saturated heterocycles. The average Bonchev–Trinajstić information content (AvgIpc) is 2.54. The number of nitrogens with zero attached hydrogens (tertiary/aromatic N) is 1. The number of aromatic nitrogens is 1.